The van der Waals surface area contributed by atoms with Crippen molar-refractivity contribution in [3.63, 3.8) is 0 Å². The molecule has 0 aliphatic carbocycles. The number of hydrogen-bond acceptors (Lipinski definition) is 5. The highest BCUT2D eigenvalue weighted by Crippen LogP contribution is 2.23. The fourth-order valence-corrected chi connectivity index (χ4v) is 3.73. The van der Waals surface area contributed by atoms with E-state index >= 15 is 0 Å². The molecule has 5 nitrogen and oxygen atoms in total. The molecule has 26 heavy (non-hydrogen) atoms. The first kappa shape index (κ1) is 19.6. The minimum Gasteiger partial charge on any atom is -0.494 e. The fraction of sp³-hybridized carbons (Fsp3) is 0.714. The van der Waals surface area contributed by atoms with E-state index in [9.17, 15) is 5.11 Å². The molecule has 1 aromatic rings. The second kappa shape index (κ2) is 9.70. The lowest BCUT2D eigenvalue weighted by atomic mass is 9.98. The van der Waals surface area contributed by atoms with Crippen LogP contribution in [0.3, 0.4) is 0 Å². The second-order valence-corrected chi connectivity index (χ2v) is 7.93. The summed E-state index contributed by atoms with van der Waals surface area (Å²) in [6.07, 6.45) is 3.88. The Hall–Kier alpha value is -1.14. The van der Waals surface area contributed by atoms with Crippen molar-refractivity contribution in [2.24, 2.45) is 0 Å². The summed E-state index contributed by atoms with van der Waals surface area (Å²) in [5.41, 5.74) is 0.820. The third kappa shape index (κ3) is 6.54. The van der Waals surface area contributed by atoms with Gasteiger partial charge in [0, 0.05) is 32.7 Å². The minimum absolute atomic E-state index is 0.492. The molecule has 5 heteroatoms. The maximum Gasteiger partial charge on any atom is 0.119 e. The van der Waals surface area contributed by atoms with Crippen molar-refractivity contribution in [1.29, 1.82) is 0 Å². The molecule has 0 bridgehead atoms. The molecule has 2 fully saturated rings. The van der Waals surface area contributed by atoms with Crippen LogP contribution in [0.15, 0.2) is 24.3 Å². The summed E-state index contributed by atoms with van der Waals surface area (Å²) in [6.45, 7) is 10.6. The Kier molecular flexibility index (Phi) is 7.32. The molecule has 0 spiro atoms. The highest BCUT2D eigenvalue weighted by molar-refractivity contribution is 5.27. The topological polar surface area (TPSA) is 45.2 Å². The lowest BCUT2D eigenvalue weighted by Gasteiger charge is -2.26. The number of hydrogen-bond donors (Lipinski definition) is 1. The molecule has 2 aliphatic heterocycles. The third-order valence-electron chi connectivity index (χ3n) is 5.48. The second-order valence-electron chi connectivity index (χ2n) is 7.93. The number of likely N-dealkylation sites (tertiary alicyclic amines) is 1. The molecule has 146 valence electrons. The average molecular weight is 363 g/mol. The maximum atomic E-state index is 10.2. The summed E-state index contributed by atoms with van der Waals surface area (Å²) < 4.78 is 11.3. The minimum atomic E-state index is -0.492. The molecule has 1 aromatic carbocycles. The van der Waals surface area contributed by atoms with Crippen molar-refractivity contribution in [2.45, 2.75) is 44.8 Å². The van der Waals surface area contributed by atoms with Crippen molar-refractivity contribution in [2.75, 3.05) is 52.5 Å². The van der Waals surface area contributed by atoms with E-state index in [4.69, 9.17) is 9.47 Å². The smallest absolute Gasteiger partial charge is 0.119 e. The predicted octanol–water partition coefficient (Wildman–Crippen LogP) is 2.52. The van der Waals surface area contributed by atoms with E-state index in [1.807, 2.05) is 6.92 Å². The van der Waals surface area contributed by atoms with Gasteiger partial charge in [-0.2, -0.15) is 0 Å². The number of aliphatic hydroxyl groups is 1. The lowest BCUT2D eigenvalue weighted by Crippen LogP contribution is -2.37. The average Bonchev–Trinajstić information content (AvgIpc) is 2.82. The van der Waals surface area contributed by atoms with Gasteiger partial charge >= 0.3 is 0 Å². The number of benzene rings is 1. The van der Waals surface area contributed by atoms with Gasteiger partial charge in [0.25, 0.3) is 0 Å². The molecule has 1 atom stereocenters. The summed E-state index contributed by atoms with van der Waals surface area (Å²) in [6, 6.07) is 8.50. The third-order valence-corrected chi connectivity index (χ3v) is 5.48. The summed E-state index contributed by atoms with van der Waals surface area (Å²) in [4.78, 5) is 4.88. The molecule has 2 saturated heterocycles. The highest BCUT2D eigenvalue weighted by Gasteiger charge is 2.24. The zero-order valence-corrected chi connectivity index (χ0v) is 16.2. The van der Waals surface area contributed by atoms with Gasteiger partial charge in [-0.3, -0.25) is 9.80 Å². The molecular weight excluding hydrogens is 328 g/mol. The van der Waals surface area contributed by atoms with Crippen LogP contribution >= 0.6 is 0 Å². The van der Waals surface area contributed by atoms with Gasteiger partial charge < -0.3 is 14.6 Å². The van der Waals surface area contributed by atoms with Crippen LogP contribution in [0.5, 0.6) is 5.75 Å². The summed E-state index contributed by atoms with van der Waals surface area (Å²) in [5, 5.41) is 10.2. The number of ether oxygens (including phenoxy) is 2. The quantitative estimate of drug-likeness (QED) is 0.755. The lowest BCUT2D eigenvalue weighted by molar-refractivity contribution is 0.0358. The van der Waals surface area contributed by atoms with Crippen LogP contribution in [0.2, 0.25) is 0 Å². The van der Waals surface area contributed by atoms with E-state index in [1.165, 1.54) is 5.56 Å². The number of rotatable bonds is 7. The van der Waals surface area contributed by atoms with Crippen molar-refractivity contribution < 1.29 is 14.6 Å². The molecule has 0 radical (unpaired) electrons. The molecule has 3 rings (SSSR count). The molecule has 2 aliphatic rings. The molecule has 1 N–H and O–H groups in total. The summed E-state index contributed by atoms with van der Waals surface area (Å²) in [5.74, 6) is 0.953. The van der Waals surface area contributed by atoms with Crippen LogP contribution in [0.25, 0.3) is 0 Å². The van der Waals surface area contributed by atoms with Crippen molar-refractivity contribution in [3.05, 3.63) is 29.8 Å². The van der Waals surface area contributed by atoms with Gasteiger partial charge in [-0.1, -0.05) is 12.1 Å². The zero-order chi connectivity index (χ0) is 18.2. The van der Waals surface area contributed by atoms with Crippen LogP contribution in [0.1, 0.15) is 38.2 Å². The summed E-state index contributed by atoms with van der Waals surface area (Å²) >= 11 is 0. The van der Waals surface area contributed by atoms with Crippen LogP contribution in [-0.2, 0) is 11.3 Å². The van der Waals surface area contributed by atoms with Crippen molar-refractivity contribution in [1.82, 2.24) is 9.80 Å². The first-order valence-corrected chi connectivity index (χ1v) is 10.1. The van der Waals surface area contributed by atoms with Gasteiger partial charge in [-0.05, 0) is 56.8 Å². The Morgan fingerprint density at radius 1 is 1.04 bits per heavy atom. The Labute approximate surface area is 157 Å². The van der Waals surface area contributed by atoms with E-state index in [0.29, 0.717) is 0 Å². The van der Waals surface area contributed by atoms with E-state index in [2.05, 4.69) is 34.1 Å². The van der Waals surface area contributed by atoms with E-state index in [1.54, 1.807) is 0 Å². The fourth-order valence-electron chi connectivity index (χ4n) is 3.73. The van der Waals surface area contributed by atoms with Gasteiger partial charge in [0.05, 0.1) is 25.4 Å². The Morgan fingerprint density at radius 2 is 1.81 bits per heavy atom. The first-order chi connectivity index (χ1) is 12.6. The predicted molar refractivity (Wildman–Crippen MR) is 104 cm³/mol. The van der Waals surface area contributed by atoms with E-state index < -0.39 is 5.60 Å². The van der Waals surface area contributed by atoms with Gasteiger partial charge in [0.1, 0.15) is 5.75 Å². The van der Waals surface area contributed by atoms with Gasteiger partial charge in [0.2, 0.25) is 0 Å². The Bertz CT molecular complexity index is 527. The van der Waals surface area contributed by atoms with E-state index in [0.717, 1.165) is 90.5 Å². The molecule has 0 unspecified atom stereocenters. The van der Waals surface area contributed by atoms with Crippen LogP contribution in [0, 0.1) is 0 Å². The van der Waals surface area contributed by atoms with Gasteiger partial charge in [0.15, 0.2) is 0 Å². The van der Waals surface area contributed by atoms with Gasteiger partial charge in [-0.15, -0.1) is 0 Å². The van der Waals surface area contributed by atoms with Gasteiger partial charge in [-0.25, -0.2) is 0 Å². The largest absolute Gasteiger partial charge is 0.494 e. The Balaban J connectivity index is 1.36. The van der Waals surface area contributed by atoms with Crippen LogP contribution < -0.4 is 4.74 Å². The SMILES string of the molecule is C[C@]1(O)CCCN(Cc2ccc(OCCCN3CCOCC3)cc2)CC1. The maximum absolute atomic E-state index is 10.2. The molecular formula is C21H34N2O3. The summed E-state index contributed by atoms with van der Waals surface area (Å²) in [7, 11) is 0. The molecule has 0 amide bonds. The zero-order valence-electron chi connectivity index (χ0n) is 16.2. The normalized spacial score (nSPS) is 25.8. The number of nitrogens with zero attached hydrogens (tertiary/aromatic N) is 2. The molecule has 2 heterocycles. The molecule has 0 saturated carbocycles. The molecule has 0 aromatic heterocycles. The monoisotopic (exact) mass is 362 g/mol. The van der Waals surface area contributed by atoms with Crippen molar-refractivity contribution in [3.8, 4) is 5.75 Å². The number of morpholine rings is 1. The highest BCUT2D eigenvalue weighted by atomic mass is 16.5. The van der Waals surface area contributed by atoms with E-state index in [-0.39, 0.29) is 0 Å². The van der Waals surface area contributed by atoms with Crippen LogP contribution in [0.4, 0.5) is 0 Å². The van der Waals surface area contributed by atoms with Crippen LogP contribution in [-0.4, -0.2) is 73.1 Å². The standard InChI is InChI=1S/C21H34N2O3/c1-21(24)8-2-10-23(12-9-21)18-19-4-6-20(7-5-19)26-15-3-11-22-13-16-25-17-14-22/h4-7,24H,2-3,8-18H2,1H3/t21-/m0/s1. The van der Waals surface area contributed by atoms with Crippen molar-refractivity contribution >= 4 is 0 Å². The first-order valence-electron chi connectivity index (χ1n) is 10.1. The Morgan fingerprint density at radius 3 is 2.58 bits per heavy atom.